The lowest BCUT2D eigenvalue weighted by Gasteiger charge is -2.27. The van der Waals surface area contributed by atoms with Crippen LogP contribution >= 0.6 is 0 Å². The van der Waals surface area contributed by atoms with Crippen molar-refractivity contribution in [1.29, 1.82) is 0 Å². The van der Waals surface area contributed by atoms with Crippen LogP contribution in [0.25, 0.3) is 21.5 Å². The molecule has 0 unspecified atom stereocenters. The Morgan fingerprint density at radius 3 is 1.97 bits per heavy atom. The van der Waals surface area contributed by atoms with Crippen molar-refractivity contribution in [3.63, 3.8) is 0 Å². The van der Waals surface area contributed by atoms with E-state index in [1.165, 1.54) is 0 Å². The first-order valence-electron chi connectivity index (χ1n) is 21.8. The Labute approximate surface area is 377 Å². The lowest BCUT2D eigenvalue weighted by atomic mass is 9.79. The average Bonchev–Trinajstić information content (AvgIpc) is 3.83. The van der Waals surface area contributed by atoms with Gasteiger partial charge in [-0.3, -0.25) is 4.55 Å². The summed E-state index contributed by atoms with van der Waals surface area (Å²) in [6, 6.07) is 33.2. The number of allylic oxidation sites excluding steroid dienone is 7. The summed E-state index contributed by atoms with van der Waals surface area (Å²) in [6.07, 6.45) is 10.4. The molecule has 3 aliphatic rings. The van der Waals surface area contributed by atoms with Crippen LogP contribution in [-0.2, 0) is 40.9 Å². The van der Waals surface area contributed by atoms with Crippen LogP contribution in [0.1, 0.15) is 77.3 Å². The normalized spacial score (nSPS) is 18.7. The van der Waals surface area contributed by atoms with E-state index in [-0.39, 0.29) is 28.4 Å². The summed E-state index contributed by atoms with van der Waals surface area (Å²) in [6.45, 7) is 9.59. The van der Waals surface area contributed by atoms with Crippen LogP contribution < -0.4 is 4.90 Å². The van der Waals surface area contributed by atoms with E-state index < -0.39 is 46.7 Å². The quantitative estimate of drug-likeness (QED) is 0.0615. The van der Waals surface area contributed by atoms with E-state index in [1.54, 1.807) is 30.3 Å². The summed E-state index contributed by atoms with van der Waals surface area (Å²) in [5, 5.41) is 4.40. The number of fused-ring (bicyclic) bond motifs is 6. The summed E-state index contributed by atoms with van der Waals surface area (Å²) < 4.78 is 99.1. The van der Waals surface area contributed by atoms with Gasteiger partial charge >= 0.3 is 0 Å². The molecule has 0 fully saturated rings. The molecule has 334 valence electrons. The van der Waals surface area contributed by atoms with Gasteiger partial charge in [0.25, 0.3) is 10.1 Å². The van der Waals surface area contributed by atoms with Gasteiger partial charge in [0.2, 0.25) is 15.5 Å². The topological polar surface area (TPSA) is 152 Å². The molecule has 8 rings (SSSR count). The van der Waals surface area contributed by atoms with Gasteiger partial charge in [-0.1, -0.05) is 98.8 Å². The van der Waals surface area contributed by atoms with Crippen molar-refractivity contribution >= 4 is 68.7 Å². The predicted molar refractivity (Wildman–Crippen MR) is 256 cm³/mol. The van der Waals surface area contributed by atoms with Gasteiger partial charge in [-0.2, -0.15) is 13.0 Å². The van der Waals surface area contributed by atoms with E-state index in [1.807, 2.05) is 48.6 Å². The third-order valence-corrected chi connectivity index (χ3v) is 16.6. The molecule has 2 aliphatic heterocycles. The van der Waals surface area contributed by atoms with Crippen molar-refractivity contribution in [2.24, 2.45) is 0 Å². The highest BCUT2D eigenvalue weighted by Crippen LogP contribution is 2.51. The van der Waals surface area contributed by atoms with Crippen molar-refractivity contribution in [2.45, 2.75) is 81.9 Å². The largest absolute Gasteiger partial charge is 0.748 e. The number of unbranched alkanes of at least 4 members (excludes halogenated alkanes) is 2. The second-order valence-electron chi connectivity index (χ2n) is 18.0. The maximum atomic E-state index is 14.9. The number of sulfone groups is 1. The number of hydrogen-bond donors (Lipinski definition) is 1. The third-order valence-electron chi connectivity index (χ3n) is 13.0. The van der Waals surface area contributed by atoms with Crippen LogP contribution in [-0.4, -0.2) is 69.2 Å². The smallest absolute Gasteiger partial charge is 0.264 e. The predicted octanol–water partition coefficient (Wildman–Crippen LogP) is 10.0. The van der Waals surface area contributed by atoms with Gasteiger partial charge in [0, 0.05) is 53.2 Å². The van der Waals surface area contributed by atoms with Gasteiger partial charge in [-0.05, 0) is 115 Å². The van der Waals surface area contributed by atoms with Crippen molar-refractivity contribution in [1.82, 2.24) is 0 Å². The summed E-state index contributed by atoms with van der Waals surface area (Å²) in [4.78, 5) is 2.64. The summed E-state index contributed by atoms with van der Waals surface area (Å²) in [5.74, 6) is -0.771. The molecular weight excluding hydrogens is 865 g/mol. The molecule has 0 aromatic heterocycles. The fourth-order valence-corrected chi connectivity index (χ4v) is 13.0. The second kappa shape index (κ2) is 17.3. The number of rotatable bonds is 15. The third kappa shape index (κ3) is 8.80. The number of anilines is 1. The molecule has 0 saturated heterocycles. The lowest BCUT2D eigenvalue weighted by Crippen LogP contribution is -2.28. The molecule has 5 aromatic carbocycles. The van der Waals surface area contributed by atoms with Crippen LogP contribution in [0.3, 0.4) is 0 Å². The van der Waals surface area contributed by atoms with Gasteiger partial charge in [-0.15, -0.1) is 0 Å². The Kier molecular flexibility index (Phi) is 12.3. The first kappa shape index (κ1) is 45.4. The first-order valence-corrected chi connectivity index (χ1v) is 26.4. The molecule has 10 nitrogen and oxygen atoms in total. The van der Waals surface area contributed by atoms with E-state index in [0.29, 0.717) is 49.9 Å². The zero-order valence-corrected chi connectivity index (χ0v) is 39.1. The average molecular weight is 919 g/mol. The van der Waals surface area contributed by atoms with Crippen molar-refractivity contribution in [2.75, 3.05) is 29.5 Å². The van der Waals surface area contributed by atoms with Crippen LogP contribution in [0.5, 0.6) is 0 Å². The summed E-state index contributed by atoms with van der Waals surface area (Å²) in [5.41, 5.74) is 6.49. The molecule has 1 N–H and O–H groups in total. The fourth-order valence-electron chi connectivity index (χ4n) is 10.1. The molecule has 0 amide bonds. The minimum atomic E-state index is -4.36. The zero-order valence-electron chi connectivity index (χ0n) is 36.6. The van der Waals surface area contributed by atoms with E-state index in [2.05, 4.69) is 85.7 Å². The number of benzene rings is 5. The highest BCUT2D eigenvalue weighted by Gasteiger charge is 2.46. The Balaban J connectivity index is 1.24. The van der Waals surface area contributed by atoms with Crippen LogP contribution in [0.2, 0.25) is 0 Å². The summed E-state index contributed by atoms with van der Waals surface area (Å²) in [7, 11) is -12.5. The highest BCUT2D eigenvalue weighted by atomic mass is 32.2. The maximum Gasteiger partial charge on any atom is 0.264 e. The van der Waals surface area contributed by atoms with Crippen molar-refractivity contribution < 1.29 is 38.9 Å². The SMILES string of the molecule is CC1(C)C(=CC=C2CCC(C=CC3=[N+](CCCCS(=O)(=O)O)c4ccc5ccccc5c4C3(C)C)=C2S(=O)(=O)c2ccccc2)N(CCCCS(=O)(=O)[O-])c2ccc3ccccc3c21. The molecule has 5 aromatic rings. The van der Waals surface area contributed by atoms with Gasteiger partial charge in [0.05, 0.1) is 31.1 Å². The van der Waals surface area contributed by atoms with E-state index >= 15 is 0 Å². The molecule has 0 saturated carbocycles. The number of nitrogens with zero attached hydrogens (tertiary/aromatic N) is 2. The molecular formula is C51H54N2O8S3. The van der Waals surface area contributed by atoms with Crippen molar-refractivity contribution in [3.05, 3.63) is 160 Å². The standard InChI is InChI=1S/C51H54N2O8S3/c1-50(2)45(52(32-12-14-34-62(54,55)56)43-28-24-36-16-8-10-20-41(36)47(43)50)30-26-38-22-23-39(49(38)64(60,61)40-18-6-5-7-19-40)27-31-46-51(3,4)48-42-21-11-9-17-37(42)25-29-44(48)53(46)33-13-15-35-63(57,58)59/h5-11,16-21,24-31H,12-15,22-23,32-35H2,1-4H3,(H-,54,55,56,57,58,59). The fraction of sp³-hybridized carbons (Fsp3) is 0.314. The minimum absolute atomic E-state index is 0.194. The molecule has 0 radical (unpaired) electrons. The lowest BCUT2D eigenvalue weighted by molar-refractivity contribution is -0.438. The number of hydrogen-bond acceptors (Lipinski definition) is 8. The second-order valence-corrected chi connectivity index (χ2v) is 23.0. The molecule has 0 spiro atoms. The van der Waals surface area contributed by atoms with Gasteiger partial charge in [-0.25, -0.2) is 16.8 Å². The van der Waals surface area contributed by atoms with Gasteiger partial charge < -0.3 is 9.45 Å². The zero-order chi connectivity index (χ0) is 45.7. The molecule has 1 aliphatic carbocycles. The van der Waals surface area contributed by atoms with Crippen LogP contribution in [0, 0.1) is 0 Å². The molecule has 13 heteroatoms. The Morgan fingerprint density at radius 2 is 1.30 bits per heavy atom. The van der Waals surface area contributed by atoms with Gasteiger partial charge in [0.15, 0.2) is 5.71 Å². The van der Waals surface area contributed by atoms with Crippen LogP contribution in [0.15, 0.2) is 154 Å². The highest BCUT2D eigenvalue weighted by molar-refractivity contribution is 7.95. The monoisotopic (exact) mass is 918 g/mol. The maximum absolute atomic E-state index is 14.9. The Morgan fingerprint density at radius 1 is 0.672 bits per heavy atom. The molecule has 64 heavy (non-hydrogen) atoms. The molecule has 0 bridgehead atoms. The van der Waals surface area contributed by atoms with E-state index in [4.69, 9.17) is 0 Å². The summed E-state index contributed by atoms with van der Waals surface area (Å²) >= 11 is 0. The molecule has 2 heterocycles. The van der Waals surface area contributed by atoms with Crippen LogP contribution in [0.4, 0.5) is 11.4 Å². The Hall–Kier alpha value is -5.18. The van der Waals surface area contributed by atoms with E-state index in [0.717, 1.165) is 55.5 Å². The van der Waals surface area contributed by atoms with Gasteiger partial charge in [0.1, 0.15) is 6.54 Å². The minimum Gasteiger partial charge on any atom is -0.748 e. The Bertz CT molecular complexity index is 3180. The van der Waals surface area contributed by atoms with E-state index in [9.17, 15) is 34.4 Å². The molecule has 0 atom stereocenters. The first-order chi connectivity index (χ1) is 30.3. The van der Waals surface area contributed by atoms with Crippen molar-refractivity contribution in [3.8, 4) is 0 Å².